The summed E-state index contributed by atoms with van der Waals surface area (Å²) in [5.41, 5.74) is 3.64. The Hall–Kier alpha value is -1.81. The number of amides is 2. The third-order valence-electron chi connectivity index (χ3n) is 9.74. The van der Waals surface area contributed by atoms with Crippen molar-refractivity contribution >= 4 is 29.1 Å². The first-order valence-electron chi connectivity index (χ1n) is 12.2. The number of anilines is 1. The molecule has 3 fully saturated rings. The van der Waals surface area contributed by atoms with Gasteiger partial charge in [0.05, 0.1) is 0 Å². The second kappa shape index (κ2) is 7.62. The Morgan fingerprint density at radius 3 is 2.53 bits per heavy atom. The van der Waals surface area contributed by atoms with Gasteiger partial charge in [0.15, 0.2) is 0 Å². The zero-order valence-corrected chi connectivity index (χ0v) is 20.5. The predicted molar refractivity (Wildman–Crippen MR) is 128 cm³/mol. The highest BCUT2D eigenvalue weighted by atomic mass is 35.5. The first-order valence-corrected chi connectivity index (χ1v) is 12.6. The molecule has 4 aliphatic rings. The Labute approximate surface area is 196 Å². The van der Waals surface area contributed by atoms with E-state index in [4.69, 9.17) is 11.6 Å². The highest BCUT2D eigenvalue weighted by Gasteiger charge is 2.61. The third-order valence-corrected chi connectivity index (χ3v) is 9.99. The highest BCUT2D eigenvalue weighted by molar-refractivity contribution is 6.30. The molecule has 1 saturated heterocycles. The van der Waals surface area contributed by atoms with Crippen LogP contribution in [0, 0.1) is 34.5 Å². The van der Waals surface area contributed by atoms with Gasteiger partial charge in [-0.15, -0.1) is 0 Å². The van der Waals surface area contributed by atoms with E-state index in [9.17, 15) is 9.59 Å². The van der Waals surface area contributed by atoms with Crippen molar-refractivity contribution < 1.29 is 9.59 Å². The van der Waals surface area contributed by atoms with Gasteiger partial charge in [-0.1, -0.05) is 31.0 Å². The second-order valence-corrected chi connectivity index (χ2v) is 11.7. The molecule has 1 heterocycles. The number of nitrogens with zero attached hydrogens (tertiary/aromatic N) is 1. The summed E-state index contributed by atoms with van der Waals surface area (Å²) in [4.78, 5) is 27.8. The fraction of sp³-hybridized carbons (Fsp3) is 0.630. The molecule has 4 nitrogen and oxygen atoms in total. The van der Waals surface area contributed by atoms with Crippen LogP contribution in [-0.4, -0.2) is 23.8 Å². The molecule has 5 heteroatoms. The standard InChI is InChI=1S/C27H35ClN2O2/c1-16-15-19-20-9-10-22(25(32)29-18-7-5-17(28)6-8-18)26(20,2)13-11-21(19)27(3)14-12-23(31)30(4)24(16)27/h5-8,19-22H,9-15H2,1-4H3,(H,29,32)/t19-,20-,21-,22+,26-,27+/m0/s1. The maximum atomic E-state index is 13.4. The number of allylic oxidation sites excluding steroid dienone is 2. The number of carbonyl (C=O) groups is 2. The van der Waals surface area contributed by atoms with Crippen LogP contribution in [0.4, 0.5) is 5.69 Å². The van der Waals surface area contributed by atoms with Crippen molar-refractivity contribution in [2.24, 2.45) is 34.5 Å². The lowest BCUT2D eigenvalue weighted by atomic mass is 9.48. The van der Waals surface area contributed by atoms with Crippen LogP contribution in [0.5, 0.6) is 0 Å². The van der Waals surface area contributed by atoms with Crippen molar-refractivity contribution in [3.63, 3.8) is 0 Å². The van der Waals surface area contributed by atoms with Gasteiger partial charge in [0.2, 0.25) is 11.8 Å². The van der Waals surface area contributed by atoms with Crippen molar-refractivity contribution in [2.45, 2.75) is 65.7 Å². The summed E-state index contributed by atoms with van der Waals surface area (Å²) in [7, 11) is 1.97. The van der Waals surface area contributed by atoms with E-state index in [1.54, 1.807) is 0 Å². The van der Waals surface area contributed by atoms with E-state index >= 15 is 0 Å². The molecule has 6 atom stereocenters. The molecule has 32 heavy (non-hydrogen) atoms. The average Bonchev–Trinajstić information content (AvgIpc) is 3.10. The largest absolute Gasteiger partial charge is 0.326 e. The first kappa shape index (κ1) is 22.0. The maximum absolute atomic E-state index is 13.4. The monoisotopic (exact) mass is 454 g/mol. The fourth-order valence-electron chi connectivity index (χ4n) is 8.30. The molecule has 0 spiro atoms. The summed E-state index contributed by atoms with van der Waals surface area (Å²) >= 11 is 6.00. The predicted octanol–water partition coefficient (Wildman–Crippen LogP) is 6.27. The van der Waals surface area contributed by atoms with E-state index in [2.05, 4.69) is 26.1 Å². The molecular weight excluding hydrogens is 420 g/mol. The summed E-state index contributed by atoms with van der Waals surface area (Å²) in [6, 6.07) is 7.40. The van der Waals surface area contributed by atoms with Crippen LogP contribution in [0.3, 0.4) is 0 Å². The number of fused-ring (bicyclic) bond motifs is 5. The minimum atomic E-state index is 0.0439. The lowest BCUT2D eigenvalue weighted by molar-refractivity contribution is -0.137. The van der Waals surface area contributed by atoms with Crippen LogP contribution in [0.25, 0.3) is 0 Å². The zero-order valence-electron chi connectivity index (χ0n) is 19.7. The van der Waals surface area contributed by atoms with Gasteiger partial charge >= 0.3 is 0 Å². The Kier molecular flexibility index (Phi) is 5.24. The zero-order chi connectivity index (χ0) is 22.8. The molecular formula is C27H35ClN2O2. The molecule has 0 bridgehead atoms. The summed E-state index contributed by atoms with van der Waals surface area (Å²) in [5.74, 6) is 2.26. The lowest BCUT2D eigenvalue weighted by Gasteiger charge is -2.59. The van der Waals surface area contributed by atoms with Gasteiger partial charge in [-0.25, -0.2) is 0 Å². The molecule has 1 aliphatic heterocycles. The molecule has 1 aromatic rings. The Morgan fingerprint density at radius 1 is 1.09 bits per heavy atom. The number of benzene rings is 1. The second-order valence-electron chi connectivity index (χ2n) is 11.3. The van der Waals surface area contributed by atoms with Crippen molar-refractivity contribution in [3.8, 4) is 0 Å². The van der Waals surface area contributed by atoms with Gasteiger partial charge in [-0.3, -0.25) is 9.59 Å². The van der Waals surface area contributed by atoms with Gasteiger partial charge in [-0.05, 0) is 92.9 Å². The molecule has 172 valence electrons. The Balaban J connectivity index is 1.41. The molecule has 1 aromatic carbocycles. The summed E-state index contributed by atoms with van der Waals surface area (Å²) in [6.45, 7) is 7.03. The number of piperidine rings is 1. The smallest absolute Gasteiger partial charge is 0.228 e. The SMILES string of the molecule is CC1=C2N(C)C(=O)CC[C@]2(C)[C@H]2CC[C@]3(C)[C@@H](C(=O)Nc4ccc(Cl)cc4)CC[C@H]3[C@@H]2C1. The molecule has 1 N–H and O–H groups in total. The molecule has 0 radical (unpaired) electrons. The summed E-state index contributed by atoms with van der Waals surface area (Å²) in [5, 5.41) is 3.84. The topological polar surface area (TPSA) is 49.4 Å². The van der Waals surface area contributed by atoms with Crippen LogP contribution < -0.4 is 5.32 Å². The molecule has 2 amide bonds. The number of rotatable bonds is 2. The van der Waals surface area contributed by atoms with Crippen molar-refractivity contribution in [1.29, 1.82) is 0 Å². The van der Waals surface area contributed by atoms with E-state index < -0.39 is 0 Å². The van der Waals surface area contributed by atoms with E-state index in [-0.39, 0.29) is 28.6 Å². The van der Waals surface area contributed by atoms with Crippen LogP contribution in [0.2, 0.25) is 5.02 Å². The lowest BCUT2D eigenvalue weighted by Crippen LogP contribution is -2.54. The minimum absolute atomic E-state index is 0.0439. The first-order chi connectivity index (χ1) is 15.1. The number of halogens is 1. The molecule has 0 aromatic heterocycles. The van der Waals surface area contributed by atoms with Crippen LogP contribution >= 0.6 is 11.6 Å². The number of hydrogen-bond acceptors (Lipinski definition) is 2. The Morgan fingerprint density at radius 2 is 1.81 bits per heavy atom. The minimum Gasteiger partial charge on any atom is -0.326 e. The summed E-state index contributed by atoms with van der Waals surface area (Å²) in [6.07, 6.45) is 7.03. The molecule has 3 aliphatic carbocycles. The Bertz CT molecular complexity index is 986. The van der Waals surface area contributed by atoms with Gasteiger partial charge in [0.25, 0.3) is 0 Å². The summed E-state index contributed by atoms with van der Waals surface area (Å²) < 4.78 is 0. The van der Waals surface area contributed by atoms with Crippen LogP contribution in [-0.2, 0) is 9.59 Å². The van der Waals surface area contributed by atoms with Crippen molar-refractivity contribution in [2.75, 3.05) is 12.4 Å². The number of likely N-dealkylation sites (tertiary alicyclic amines) is 1. The van der Waals surface area contributed by atoms with Gasteiger partial charge in [0.1, 0.15) is 0 Å². The maximum Gasteiger partial charge on any atom is 0.228 e. The average molecular weight is 455 g/mol. The van der Waals surface area contributed by atoms with E-state index in [1.807, 2.05) is 36.2 Å². The van der Waals surface area contributed by atoms with Gasteiger partial charge < -0.3 is 10.2 Å². The third kappa shape index (κ3) is 3.16. The van der Waals surface area contributed by atoms with Gasteiger partial charge in [0, 0.05) is 41.2 Å². The van der Waals surface area contributed by atoms with E-state index in [0.29, 0.717) is 29.2 Å². The number of nitrogens with one attached hydrogen (secondary N) is 1. The van der Waals surface area contributed by atoms with Crippen LogP contribution in [0.1, 0.15) is 65.7 Å². The van der Waals surface area contributed by atoms with Crippen molar-refractivity contribution in [3.05, 3.63) is 40.6 Å². The van der Waals surface area contributed by atoms with E-state index in [0.717, 1.165) is 44.2 Å². The van der Waals surface area contributed by atoms with E-state index in [1.165, 1.54) is 11.3 Å². The highest BCUT2D eigenvalue weighted by Crippen LogP contribution is 2.66. The fourth-order valence-corrected chi connectivity index (χ4v) is 8.43. The quantitative estimate of drug-likeness (QED) is 0.572. The van der Waals surface area contributed by atoms with Crippen molar-refractivity contribution in [1.82, 2.24) is 4.90 Å². The molecule has 0 unspecified atom stereocenters. The molecule has 2 saturated carbocycles. The number of hydrogen-bond donors (Lipinski definition) is 1. The molecule has 5 rings (SSSR count). The van der Waals surface area contributed by atoms with Crippen LogP contribution in [0.15, 0.2) is 35.5 Å². The normalized spacial score (nSPS) is 38.8. The van der Waals surface area contributed by atoms with Gasteiger partial charge in [-0.2, -0.15) is 0 Å². The number of carbonyl (C=O) groups excluding carboxylic acids is 2.